The van der Waals surface area contributed by atoms with Crippen LogP contribution in [0.25, 0.3) is 0 Å². The van der Waals surface area contributed by atoms with Gasteiger partial charge in [-0.2, -0.15) is 0 Å². The molecule has 0 aliphatic heterocycles. The minimum atomic E-state index is -3.69. The van der Waals surface area contributed by atoms with E-state index in [1.165, 1.54) is 18.9 Å². The zero-order chi connectivity index (χ0) is 17.5. The smallest absolute Gasteiger partial charge is 0.238 e. The number of nitrogens with two attached hydrogens (primary N) is 1. The third-order valence-corrected chi connectivity index (χ3v) is 5.57. The van der Waals surface area contributed by atoms with Crippen LogP contribution < -0.4 is 5.14 Å². The van der Waals surface area contributed by atoms with Crippen molar-refractivity contribution >= 4 is 10.0 Å². The maximum Gasteiger partial charge on any atom is 0.238 e. The number of sulfonamides is 1. The van der Waals surface area contributed by atoms with Gasteiger partial charge in [-0.25, -0.2) is 13.6 Å². The number of hydrogen-bond acceptors (Lipinski definition) is 5. The van der Waals surface area contributed by atoms with E-state index in [4.69, 9.17) is 5.14 Å². The second-order valence-electron chi connectivity index (χ2n) is 6.52. The highest BCUT2D eigenvalue weighted by atomic mass is 32.2. The summed E-state index contributed by atoms with van der Waals surface area (Å²) in [5.74, 6) is 2.53. The summed E-state index contributed by atoms with van der Waals surface area (Å²) in [7, 11) is 0.295. The SMILES string of the molecule is C[C@H](c1cccc(S(N)(=O)=O)c1)N(C)Cc1nnc(C2CC2)n1C. The molecule has 7 nitrogen and oxygen atoms in total. The Bertz CT molecular complexity index is 842. The Morgan fingerprint density at radius 3 is 2.71 bits per heavy atom. The lowest BCUT2D eigenvalue weighted by molar-refractivity contribution is 0.243. The van der Waals surface area contributed by atoms with E-state index in [-0.39, 0.29) is 10.9 Å². The minimum absolute atomic E-state index is 0.0211. The lowest BCUT2D eigenvalue weighted by atomic mass is 10.1. The van der Waals surface area contributed by atoms with Gasteiger partial charge in [0.1, 0.15) is 11.6 Å². The van der Waals surface area contributed by atoms with Crippen molar-refractivity contribution in [3.05, 3.63) is 41.5 Å². The topological polar surface area (TPSA) is 94.1 Å². The predicted molar refractivity (Wildman–Crippen MR) is 90.7 cm³/mol. The van der Waals surface area contributed by atoms with Crippen molar-refractivity contribution in [2.45, 2.75) is 43.2 Å². The molecule has 1 heterocycles. The Morgan fingerprint density at radius 1 is 1.38 bits per heavy atom. The fourth-order valence-corrected chi connectivity index (χ4v) is 3.34. The van der Waals surface area contributed by atoms with Crippen LogP contribution >= 0.6 is 0 Å². The molecule has 8 heteroatoms. The van der Waals surface area contributed by atoms with Crippen LogP contribution in [-0.2, 0) is 23.6 Å². The third kappa shape index (κ3) is 3.50. The quantitative estimate of drug-likeness (QED) is 0.853. The lowest BCUT2D eigenvalue weighted by Crippen LogP contribution is -2.24. The van der Waals surface area contributed by atoms with Gasteiger partial charge in [0.25, 0.3) is 0 Å². The van der Waals surface area contributed by atoms with Crippen LogP contribution in [0.1, 0.15) is 48.9 Å². The molecule has 3 rings (SSSR count). The Morgan fingerprint density at radius 2 is 2.08 bits per heavy atom. The van der Waals surface area contributed by atoms with Crippen molar-refractivity contribution in [1.82, 2.24) is 19.7 Å². The summed E-state index contributed by atoms with van der Waals surface area (Å²) in [6, 6.07) is 6.78. The number of rotatable bonds is 6. The predicted octanol–water partition coefficient (Wildman–Crippen LogP) is 1.53. The van der Waals surface area contributed by atoms with E-state index in [0.29, 0.717) is 12.5 Å². The first kappa shape index (κ1) is 17.1. The average Bonchev–Trinajstić information content (AvgIpc) is 3.31. The van der Waals surface area contributed by atoms with E-state index in [1.807, 2.05) is 27.1 Å². The Kier molecular flexibility index (Phi) is 4.46. The summed E-state index contributed by atoms with van der Waals surface area (Å²) in [6.45, 7) is 2.66. The van der Waals surface area contributed by atoms with Crippen LogP contribution in [0.5, 0.6) is 0 Å². The average molecular weight is 349 g/mol. The molecule has 0 saturated heterocycles. The van der Waals surface area contributed by atoms with Crippen LogP contribution in [0.15, 0.2) is 29.2 Å². The summed E-state index contributed by atoms with van der Waals surface area (Å²) in [5, 5.41) is 13.8. The molecule has 1 saturated carbocycles. The number of primary sulfonamides is 1. The fraction of sp³-hybridized carbons (Fsp3) is 0.500. The maximum atomic E-state index is 11.5. The van der Waals surface area contributed by atoms with E-state index in [0.717, 1.165) is 17.2 Å². The minimum Gasteiger partial charge on any atom is -0.317 e. The lowest BCUT2D eigenvalue weighted by Gasteiger charge is -2.25. The molecule has 0 amide bonds. The fourth-order valence-electron chi connectivity index (χ4n) is 2.78. The van der Waals surface area contributed by atoms with Gasteiger partial charge < -0.3 is 4.57 Å². The van der Waals surface area contributed by atoms with E-state index < -0.39 is 10.0 Å². The highest BCUT2D eigenvalue weighted by Crippen LogP contribution is 2.38. The van der Waals surface area contributed by atoms with Gasteiger partial charge >= 0.3 is 0 Å². The zero-order valence-corrected chi connectivity index (χ0v) is 15.0. The molecule has 1 atom stereocenters. The molecular weight excluding hydrogens is 326 g/mol. The van der Waals surface area contributed by atoms with Crippen molar-refractivity contribution < 1.29 is 8.42 Å². The maximum absolute atomic E-state index is 11.5. The molecule has 1 fully saturated rings. The summed E-state index contributed by atoms with van der Waals surface area (Å²) >= 11 is 0. The van der Waals surface area contributed by atoms with E-state index >= 15 is 0 Å². The highest BCUT2D eigenvalue weighted by Gasteiger charge is 2.29. The first-order chi connectivity index (χ1) is 11.3. The van der Waals surface area contributed by atoms with Gasteiger partial charge in [-0.1, -0.05) is 12.1 Å². The Balaban J connectivity index is 1.76. The van der Waals surface area contributed by atoms with Gasteiger partial charge in [0.2, 0.25) is 10.0 Å². The molecule has 130 valence electrons. The van der Waals surface area contributed by atoms with Crippen molar-refractivity contribution in [1.29, 1.82) is 0 Å². The summed E-state index contributed by atoms with van der Waals surface area (Å²) in [6.07, 6.45) is 2.39. The first-order valence-corrected chi connectivity index (χ1v) is 9.53. The second-order valence-corrected chi connectivity index (χ2v) is 8.08. The molecule has 1 aromatic heterocycles. The third-order valence-electron chi connectivity index (χ3n) is 4.66. The summed E-state index contributed by atoms with van der Waals surface area (Å²) in [4.78, 5) is 2.25. The second kappa shape index (κ2) is 6.27. The molecule has 2 aromatic rings. The number of aromatic nitrogens is 3. The molecule has 24 heavy (non-hydrogen) atoms. The van der Waals surface area contributed by atoms with E-state index in [9.17, 15) is 8.42 Å². The van der Waals surface area contributed by atoms with E-state index in [1.54, 1.807) is 12.1 Å². The van der Waals surface area contributed by atoms with Gasteiger partial charge in [-0.15, -0.1) is 10.2 Å². The molecule has 1 aliphatic rings. The highest BCUT2D eigenvalue weighted by molar-refractivity contribution is 7.89. The monoisotopic (exact) mass is 349 g/mol. The van der Waals surface area contributed by atoms with Gasteiger partial charge in [0, 0.05) is 19.0 Å². The molecule has 0 unspecified atom stereocenters. The molecule has 1 aliphatic carbocycles. The number of benzene rings is 1. The number of nitrogens with zero attached hydrogens (tertiary/aromatic N) is 4. The van der Waals surface area contributed by atoms with Crippen molar-refractivity contribution in [3.63, 3.8) is 0 Å². The summed E-state index contributed by atoms with van der Waals surface area (Å²) in [5.41, 5.74) is 0.897. The molecule has 0 radical (unpaired) electrons. The van der Waals surface area contributed by atoms with Gasteiger partial charge in [-0.3, -0.25) is 4.90 Å². The largest absolute Gasteiger partial charge is 0.317 e. The van der Waals surface area contributed by atoms with Gasteiger partial charge in [0.05, 0.1) is 11.4 Å². The zero-order valence-electron chi connectivity index (χ0n) is 14.2. The molecular formula is C16H23N5O2S. The van der Waals surface area contributed by atoms with Gasteiger partial charge in [-0.05, 0) is 44.5 Å². The molecule has 0 bridgehead atoms. The first-order valence-electron chi connectivity index (χ1n) is 7.98. The molecule has 0 spiro atoms. The van der Waals surface area contributed by atoms with Crippen LogP contribution in [0.3, 0.4) is 0 Å². The van der Waals surface area contributed by atoms with Crippen LogP contribution in [0.2, 0.25) is 0 Å². The van der Waals surface area contributed by atoms with Gasteiger partial charge in [0.15, 0.2) is 0 Å². The van der Waals surface area contributed by atoms with Crippen molar-refractivity contribution in [2.75, 3.05) is 7.05 Å². The molecule has 2 N–H and O–H groups in total. The van der Waals surface area contributed by atoms with Crippen molar-refractivity contribution in [2.24, 2.45) is 12.2 Å². The van der Waals surface area contributed by atoms with E-state index in [2.05, 4.69) is 19.7 Å². The summed E-state index contributed by atoms with van der Waals surface area (Å²) < 4.78 is 25.1. The standard InChI is InChI=1S/C16H23N5O2S/c1-11(13-5-4-6-14(9-13)24(17,22)23)20(2)10-15-18-19-16(21(15)3)12-7-8-12/h4-6,9,11-12H,7-8,10H2,1-3H3,(H2,17,22,23)/t11-/m1/s1. The number of hydrogen-bond donors (Lipinski definition) is 1. The van der Waals surface area contributed by atoms with Crippen LogP contribution in [0.4, 0.5) is 0 Å². The molecule has 1 aromatic carbocycles. The Hall–Kier alpha value is -1.77. The normalized spacial score (nSPS) is 16.5. The Labute approximate surface area is 142 Å². The van der Waals surface area contributed by atoms with Crippen molar-refractivity contribution in [3.8, 4) is 0 Å². The van der Waals surface area contributed by atoms with Crippen LogP contribution in [-0.4, -0.2) is 35.1 Å². The van der Waals surface area contributed by atoms with Crippen LogP contribution in [0, 0.1) is 0 Å².